The monoisotopic (exact) mass is 180 g/mol. The minimum atomic E-state index is -0.538. The lowest BCUT2D eigenvalue weighted by Crippen LogP contribution is -2.19. The summed E-state index contributed by atoms with van der Waals surface area (Å²) in [6.07, 6.45) is 0.403. The summed E-state index contributed by atoms with van der Waals surface area (Å²) < 4.78 is 0. The summed E-state index contributed by atoms with van der Waals surface area (Å²) in [4.78, 5) is 22.1. The second kappa shape index (κ2) is 4.75. The molecule has 0 aromatic rings. The standard InChI is InChI=1S/C11H16O2/c1-7(2)8(3)6-11(9(4)12)10(5)13/h11H,1,3,6H2,2,4-5H3. The topological polar surface area (TPSA) is 34.1 Å². The third-order valence-corrected chi connectivity index (χ3v) is 2.04. The van der Waals surface area contributed by atoms with E-state index in [1.54, 1.807) is 0 Å². The SMILES string of the molecule is C=C(C)C(=C)CC(C(C)=O)C(C)=O. The molecule has 72 valence electrons. The zero-order valence-electron chi connectivity index (χ0n) is 8.52. The van der Waals surface area contributed by atoms with Crippen molar-refractivity contribution in [3.8, 4) is 0 Å². The molecule has 2 heteroatoms. The van der Waals surface area contributed by atoms with Gasteiger partial charge in [0.1, 0.15) is 11.6 Å². The Morgan fingerprint density at radius 1 is 1.08 bits per heavy atom. The summed E-state index contributed by atoms with van der Waals surface area (Å²) in [5.74, 6) is -0.742. The van der Waals surface area contributed by atoms with E-state index in [-0.39, 0.29) is 11.6 Å². The van der Waals surface area contributed by atoms with Crippen molar-refractivity contribution < 1.29 is 9.59 Å². The lowest BCUT2D eigenvalue weighted by Gasteiger charge is -2.11. The normalized spacial score (nSPS) is 9.85. The van der Waals surface area contributed by atoms with Crippen molar-refractivity contribution in [2.24, 2.45) is 5.92 Å². The summed E-state index contributed by atoms with van der Waals surface area (Å²) in [5.41, 5.74) is 1.60. The molecule has 0 spiro atoms. The molecule has 0 unspecified atom stereocenters. The maximum Gasteiger partial charge on any atom is 0.140 e. The summed E-state index contributed by atoms with van der Waals surface area (Å²) >= 11 is 0. The number of ketones is 2. The molecule has 0 saturated carbocycles. The van der Waals surface area contributed by atoms with Gasteiger partial charge in [-0.2, -0.15) is 0 Å². The Labute approximate surface area is 79.3 Å². The second-order valence-electron chi connectivity index (χ2n) is 3.36. The van der Waals surface area contributed by atoms with Crippen molar-refractivity contribution >= 4 is 11.6 Å². The third kappa shape index (κ3) is 3.83. The first-order valence-corrected chi connectivity index (χ1v) is 4.20. The minimum absolute atomic E-state index is 0.102. The quantitative estimate of drug-likeness (QED) is 0.480. The molecule has 0 aromatic carbocycles. The summed E-state index contributed by atoms with van der Waals surface area (Å²) in [6.45, 7) is 12.1. The predicted molar refractivity (Wildman–Crippen MR) is 53.4 cm³/mol. The van der Waals surface area contributed by atoms with E-state index in [2.05, 4.69) is 13.2 Å². The van der Waals surface area contributed by atoms with E-state index in [1.807, 2.05) is 6.92 Å². The fraction of sp³-hybridized carbons (Fsp3) is 0.455. The highest BCUT2D eigenvalue weighted by Gasteiger charge is 2.20. The molecule has 2 nitrogen and oxygen atoms in total. The molecule has 0 bridgehead atoms. The molecule has 0 aliphatic heterocycles. The van der Waals surface area contributed by atoms with Crippen LogP contribution in [0.1, 0.15) is 27.2 Å². The van der Waals surface area contributed by atoms with Gasteiger partial charge in [-0.05, 0) is 27.2 Å². The summed E-state index contributed by atoms with van der Waals surface area (Å²) in [5, 5.41) is 0. The van der Waals surface area contributed by atoms with Crippen LogP contribution in [0, 0.1) is 5.92 Å². The van der Waals surface area contributed by atoms with Crippen LogP contribution in [0.5, 0.6) is 0 Å². The van der Waals surface area contributed by atoms with Gasteiger partial charge in [0.05, 0.1) is 5.92 Å². The first-order chi connectivity index (χ1) is 5.86. The fourth-order valence-corrected chi connectivity index (χ4v) is 0.994. The highest BCUT2D eigenvalue weighted by molar-refractivity contribution is 6.00. The number of rotatable bonds is 5. The first kappa shape index (κ1) is 11.8. The van der Waals surface area contributed by atoms with Crippen LogP contribution < -0.4 is 0 Å². The van der Waals surface area contributed by atoms with Crippen LogP contribution in [-0.4, -0.2) is 11.6 Å². The molecule has 0 heterocycles. The van der Waals surface area contributed by atoms with E-state index in [1.165, 1.54) is 13.8 Å². The third-order valence-electron chi connectivity index (χ3n) is 2.04. The molecule has 0 aliphatic carbocycles. The van der Waals surface area contributed by atoms with Crippen molar-refractivity contribution in [1.82, 2.24) is 0 Å². The Bertz CT molecular complexity index is 247. The maximum atomic E-state index is 11.1. The Morgan fingerprint density at radius 2 is 1.46 bits per heavy atom. The average Bonchev–Trinajstić information content (AvgIpc) is 1.97. The first-order valence-electron chi connectivity index (χ1n) is 4.20. The highest BCUT2D eigenvalue weighted by atomic mass is 16.1. The Hall–Kier alpha value is -1.18. The van der Waals surface area contributed by atoms with Crippen LogP contribution >= 0.6 is 0 Å². The lowest BCUT2D eigenvalue weighted by molar-refractivity contribution is -0.130. The number of carbonyl (C=O) groups excluding carboxylic acids is 2. The van der Waals surface area contributed by atoms with Gasteiger partial charge < -0.3 is 0 Å². The zero-order chi connectivity index (χ0) is 10.6. The number of carbonyl (C=O) groups is 2. The van der Waals surface area contributed by atoms with Gasteiger partial charge in [0, 0.05) is 0 Å². The molecule has 0 aliphatic rings. The van der Waals surface area contributed by atoms with Gasteiger partial charge in [-0.25, -0.2) is 0 Å². The van der Waals surface area contributed by atoms with Crippen LogP contribution in [0.2, 0.25) is 0 Å². The van der Waals surface area contributed by atoms with Gasteiger partial charge in [-0.3, -0.25) is 9.59 Å². The molecule has 0 fully saturated rings. The average molecular weight is 180 g/mol. The van der Waals surface area contributed by atoms with E-state index in [0.29, 0.717) is 6.42 Å². The van der Waals surface area contributed by atoms with E-state index >= 15 is 0 Å². The molecule has 0 N–H and O–H groups in total. The second-order valence-corrected chi connectivity index (χ2v) is 3.36. The Kier molecular flexibility index (Phi) is 4.32. The number of hydrogen-bond donors (Lipinski definition) is 0. The van der Waals surface area contributed by atoms with Crippen molar-refractivity contribution in [1.29, 1.82) is 0 Å². The van der Waals surface area contributed by atoms with Gasteiger partial charge >= 0.3 is 0 Å². The van der Waals surface area contributed by atoms with Gasteiger partial charge in [-0.1, -0.05) is 24.3 Å². The summed E-state index contributed by atoms with van der Waals surface area (Å²) in [6, 6.07) is 0. The summed E-state index contributed by atoms with van der Waals surface area (Å²) in [7, 11) is 0. The van der Waals surface area contributed by atoms with Crippen molar-refractivity contribution in [2.75, 3.05) is 0 Å². The van der Waals surface area contributed by atoms with Gasteiger partial charge in [0.2, 0.25) is 0 Å². The Balaban J connectivity index is 4.45. The van der Waals surface area contributed by atoms with Gasteiger partial charge in [0.25, 0.3) is 0 Å². The zero-order valence-corrected chi connectivity index (χ0v) is 8.52. The van der Waals surface area contributed by atoms with Crippen molar-refractivity contribution in [3.63, 3.8) is 0 Å². The molecular weight excluding hydrogens is 164 g/mol. The molecule has 0 aromatic heterocycles. The van der Waals surface area contributed by atoms with Crippen LogP contribution in [0.4, 0.5) is 0 Å². The van der Waals surface area contributed by atoms with Gasteiger partial charge in [-0.15, -0.1) is 0 Å². The highest BCUT2D eigenvalue weighted by Crippen LogP contribution is 2.17. The molecular formula is C11H16O2. The van der Waals surface area contributed by atoms with E-state index in [4.69, 9.17) is 0 Å². The lowest BCUT2D eigenvalue weighted by atomic mass is 9.91. The molecule has 0 rings (SSSR count). The molecule has 13 heavy (non-hydrogen) atoms. The minimum Gasteiger partial charge on any atom is -0.299 e. The van der Waals surface area contributed by atoms with E-state index in [9.17, 15) is 9.59 Å². The molecule has 0 radical (unpaired) electrons. The Morgan fingerprint density at radius 3 is 1.69 bits per heavy atom. The van der Waals surface area contributed by atoms with E-state index in [0.717, 1.165) is 11.1 Å². The van der Waals surface area contributed by atoms with Crippen LogP contribution in [0.15, 0.2) is 24.3 Å². The van der Waals surface area contributed by atoms with E-state index < -0.39 is 5.92 Å². The number of hydrogen-bond acceptors (Lipinski definition) is 2. The number of Topliss-reactive ketones (excluding diaryl/α,β-unsaturated/α-hetero) is 2. The maximum absolute atomic E-state index is 11.1. The largest absolute Gasteiger partial charge is 0.299 e. The number of allylic oxidation sites excluding steroid dienone is 2. The molecule has 0 atom stereocenters. The predicted octanol–water partition coefficient (Wildman–Crippen LogP) is 2.30. The van der Waals surface area contributed by atoms with Crippen LogP contribution in [0.25, 0.3) is 0 Å². The van der Waals surface area contributed by atoms with Gasteiger partial charge in [0.15, 0.2) is 0 Å². The van der Waals surface area contributed by atoms with Crippen LogP contribution in [0.3, 0.4) is 0 Å². The smallest absolute Gasteiger partial charge is 0.140 e. The van der Waals surface area contributed by atoms with Crippen molar-refractivity contribution in [3.05, 3.63) is 24.3 Å². The van der Waals surface area contributed by atoms with Crippen LogP contribution in [-0.2, 0) is 9.59 Å². The van der Waals surface area contributed by atoms with Crippen molar-refractivity contribution in [2.45, 2.75) is 27.2 Å². The molecule has 0 saturated heterocycles. The fourth-order valence-electron chi connectivity index (χ4n) is 0.994. The molecule has 0 amide bonds.